The molecule has 0 aromatic heterocycles. The second kappa shape index (κ2) is 4.98. The predicted octanol–water partition coefficient (Wildman–Crippen LogP) is 1.37. The van der Waals surface area contributed by atoms with Gasteiger partial charge in [-0.15, -0.1) is 0 Å². The summed E-state index contributed by atoms with van der Waals surface area (Å²) >= 11 is 0. The van der Waals surface area contributed by atoms with E-state index in [4.69, 9.17) is 0 Å². The molecular weight excluding hydrogens is 226 g/mol. The third kappa shape index (κ3) is 2.20. The lowest BCUT2D eigenvalue weighted by Crippen LogP contribution is -2.43. The molecule has 0 radical (unpaired) electrons. The van der Waals surface area contributed by atoms with Crippen molar-refractivity contribution >= 4 is 17.3 Å². The van der Waals surface area contributed by atoms with Crippen LogP contribution < -0.4 is 15.5 Å². The van der Waals surface area contributed by atoms with E-state index in [1.165, 1.54) is 11.3 Å². The molecule has 2 N–H and O–H groups in total. The molecule has 0 spiro atoms. The summed E-state index contributed by atoms with van der Waals surface area (Å²) in [5.41, 5.74) is 3.62. The Bertz CT molecular complexity index is 452. The molecule has 1 saturated heterocycles. The maximum Gasteiger partial charge on any atom is 0.224 e. The van der Waals surface area contributed by atoms with Gasteiger partial charge in [-0.25, -0.2) is 0 Å². The maximum absolute atomic E-state index is 11.6. The van der Waals surface area contributed by atoms with Crippen LogP contribution in [-0.4, -0.2) is 32.1 Å². The fourth-order valence-corrected chi connectivity index (χ4v) is 2.79. The molecule has 0 atom stereocenters. The van der Waals surface area contributed by atoms with E-state index in [2.05, 4.69) is 21.6 Å². The molecule has 0 saturated carbocycles. The van der Waals surface area contributed by atoms with Crippen molar-refractivity contribution in [2.45, 2.75) is 19.3 Å². The van der Waals surface area contributed by atoms with Gasteiger partial charge in [-0.05, 0) is 30.5 Å². The number of carbonyl (C=O) groups is 1. The molecule has 1 aromatic carbocycles. The maximum atomic E-state index is 11.6. The van der Waals surface area contributed by atoms with Gasteiger partial charge in [-0.1, -0.05) is 6.07 Å². The van der Waals surface area contributed by atoms with E-state index < -0.39 is 0 Å². The van der Waals surface area contributed by atoms with Crippen molar-refractivity contribution in [3.8, 4) is 0 Å². The quantitative estimate of drug-likeness (QED) is 0.785. The van der Waals surface area contributed by atoms with E-state index in [1.54, 1.807) is 0 Å². The highest BCUT2D eigenvalue weighted by Gasteiger charge is 2.19. The third-order valence-corrected chi connectivity index (χ3v) is 3.71. The fraction of sp³-hybridized carbons (Fsp3) is 0.500. The Morgan fingerprint density at radius 2 is 1.94 bits per heavy atom. The highest BCUT2D eigenvalue weighted by atomic mass is 16.1. The Hall–Kier alpha value is -1.55. The van der Waals surface area contributed by atoms with Crippen LogP contribution >= 0.6 is 0 Å². The van der Waals surface area contributed by atoms with Crippen molar-refractivity contribution in [1.29, 1.82) is 0 Å². The van der Waals surface area contributed by atoms with Gasteiger partial charge in [0.1, 0.15) is 0 Å². The van der Waals surface area contributed by atoms with Gasteiger partial charge in [0.2, 0.25) is 5.91 Å². The molecule has 2 aliphatic rings. The molecule has 2 aliphatic heterocycles. The summed E-state index contributed by atoms with van der Waals surface area (Å²) < 4.78 is 0. The zero-order chi connectivity index (χ0) is 12.4. The molecule has 4 nitrogen and oxygen atoms in total. The van der Waals surface area contributed by atoms with Crippen LogP contribution in [0.4, 0.5) is 11.4 Å². The number of hydrogen-bond acceptors (Lipinski definition) is 3. The van der Waals surface area contributed by atoms with Gasteiger partial charge in [0.05, 0.1) is 0 Å². The van der Waals surface area contributed by atoms with E-state index in [0.29, 0.717) is 6.42 Å². The van der Waals surface area contributed by atoms with Gasteiger partial charge >= 0.3 is 0 Å². The first kappa shape index (κ1) is 11.5. The molecule has 2 heterocycles. The minimum absolute atomic E-state index is 0.145. The molecule has 1 aromatic rings. The average Bonchev–Trinajstić information content (AvgIpc) is 2.60. The summed E-state index contributed by atoms with van der Waals surface area (Å²) in [4.78, 5) is 14.0. The van der Waals surface area contributed by atoms with Crippen LogP contribution in [0, 0.1) is 0 Å². The van der Waals surface area contributed by atoms with Crippen LogP contribution in [0.15, 0.2) is 18.2 Å². The fourth-order valence-electron chi connectivity index (χ4n) is 2.79. The zero-order valence-electron chi connectivity index (χ0n) is 10.5. The van der Waals surface area contributed by atoms with Crippen molar-refractivity contribution in [1.82, 2.24) is 5.32 Å². The van der Waals surface area contributed by atoms with Gasteiger partial charge in [0.15, 0.2) is 0 Å². The topological polar surface area (TPSA) is 44.4 Å². The summed E-state index contributed by atoms with van der Waals surface area (Å²) in [6.45, 7) is 4.17. The first-order chi connectivity index (χ1) is 8.84. The Morgan fingerprint density at radius 1 is 1.11 bits per heavy atom. The molecule has 0 bridgehead atoms. The molecule has 3 rings (SSSR count). The predicted molar refractivity (Wildman–Crippen MR) is 73.1 cm³/mol. The molecule has 1 fully saturated rings. The van der Waals surface area contributed by atoms with Gasteiger partial charge in [-0.3, -0.25) is 4.79 Å². The zero-order valence-corrected chi connectivity index (χ0v) is 10.5. The average molecular weight is 245 g/mol. The monoisotopic (exact) mass is 245 g/mol. The number of piperazine rings is 1. The molecule has 1 amide bonds. The number of hydrogen-bond donors (Lipinski definition) is 2. The van der Waals surface area contributed by atoms with E-state index in [1.807, 2.05) is 12.1 Å². The van der Waals surface area contributed by atoms with Crippen molar-refractivity contribution in [3.63, 3.8) is 0 Å². The van der Waals surface area contributed by atoms with Crippen LogP contribution in [0.1, 0.15) is 18.4 Å². The molecule has 96 valence electrons. The van der Waals surface area contributed by atoms with Crippen molar-refractivity contribution < 1.29 is 4.79 Å². The number of anilines is 2. The standard InChI is InChI=1S/C14H19N3O/c18-14-6-1-3-11-12(16-14)4-2-5-13(11)17-9-7-15-8-10-17/h2,4-5,15H,1,3,6-10H2,(H,16,18). The number of amides is 1. The number of carbonyl (C=O) groups excluding carboxylic acids is 1. The minimum atomic E-state index is 0.145. The lowest BCUT2D eigenvalue weighted by molar-refractivity contribution is -0.116. The minimum Gasteiger partial charge on any atom is -0.369 e. The summed E-state index contributed by atoms with van der Waals surface area (Å²) in [7, 11) is 0. The first-order valence-electron chi connectivity index (χ1n) is 6.72. The number of benzene rings is 1. The normalized spacial score (nSPS) is 20.0. The molecule has 0 aliphatic carbocycles. The second-order valence-electron chi connectivity index (χ2n) is 4.94. The summed E-state index contributed by atoms with van der Waals surface area (Å²) in [6, 6.07) is 6.24. The summed E-state index contributed by atoms with van der Waals surface area (Å²) in [6.07, 6.45) is 2.58. The number of rotatable bonds is 1. The molecule has 18 heavy (non-hydrogen) atoms. The molecule has 4 heteroatoms. The lowest BCUT2D eigenvalue weighted by Gasteiger charge is -2.31. The van der Waals surface area contributed by atoms with Crippen LogP contribution in [0.25, 0.3) is 0 Å². The Labute approximate surface area is 107 Å². The van der Waals surface area contributed by atoms with Gasteiger partial charge in [-0.2, -0.15) is 0 Å². The van der Waals surface area contributed by atoms with E-state index in [9.17, 15) is 4.79 Å². The SMILES string of the molecule is O=C1CCCc2c(cccc2N2CCNCC2)N1. The number of nitrogens with zero attached hydrogens (tertiary/aromatic N) is 1. The second-order valence-corrected chi connectivity index (χ2v) is 4.94. The van der Waals surface area contributed by atoms with Crippen LogP contribution in [0.2, 0.25) is 0 Å². The first-order valence-corrected chi connectivity index (χ1v) is 6.72. The van der Waals surface area contributed by atoms with Crippen molar-refractivity contribution in [2.75, 3.05) is 36.4 Å². The molecule has 0 unspecified atom stereocenters. The largest absolute Gasteiger partial charge is 0.369 e. The van der Waals surface area contributed by atoms with E-state index in [-0.39, 0.29) is 5.91 Å². The Balaban J connectivity index is 1.94. The summed E-state index contributed by atoms with van der Waals surface area (Å²) in [5, 5.41) is 6.39. The van der Waals surface area contributed by atoms with Crippen LogP contribution in [0.5, 0.6) is 0 Å². The Kier molecular flexibility index (Phi) is 3.19. The van der Waals surface area contributed by atoms with E-state index in [0.717, 1.165) is 44.7 Å². The Morgan fingerprint density at radius 3 is 2.78 bits per heavy atom. The highest BCUT2D eigenvalue weighted by molar-refractivity contribution is 5.93. The lowest BCUT2D eigenvalue weighted by atomic mass is 10.0. The summed E-state index contributed by atoms with van der Waals surface area (Å²) in [5.74, 6) is 0.145. The smallest absolute Gasteiger partial charge is 0.224 e. The van der Waals surface area contributed by atoms with Crippen LogP contribution in [-0.2, 0) is 11.2 Å². The van der Waals surface area contributed by atoms with Gasteiger partial charge < -0.3 is 15.5 Å². The van der Waals surface area contributed by atoms with Crippen molar-refractivity contribution in [2.24, 2.45) is 0 Å². The molecular formula is C14H19N3O. The number of nitrogens with one attached hydrogen (secondary N) is 2. The third-order valence-electron chi connectivity index (χ3n) is 3.71. The van der Waals surface area contributed by atoms with Gasteiger partial charge in [0.25, 0.3) is 0 Å². The van der Waals surface area contributed by atoms with Crippen LogP contribution in [0.3, 0.4) is 0 Å². The van der Waals surface area contributed by atoms with Crippen molar-refractivity contribution in [3.05, 3.63) is 23.8 Å². The highest BCUT2D eigenvalue weighted by Crippen LogP contribution is 2.31. The number of fused-ring (bicyclic) bond motifs is 1. The van der Waals surface area contributed by atoms with E-state index >= 15 is 0 Å². The van der Waals surface area contributed by atoms with Gasteiger partial charge in [0, 0.05) is 44.0 Å².